The summed E-state index contributed by atoms with van der Waals surface area (Å²) in [4.78, 5) is 50.6. The van der Waals surface area contributed by atoms with E-state index in [0.717, 1.165) is 10.6 Å². The number of carbonyl (C=O) groups excluding carboxylic acids is 3. The number of nitrogens with zero attached hydrogens (tertiary/aromatic N) is 2. The van der Waals surface area contributed by atoms with Gasteiger partial charge >= 0.3 is 0 Å². The maximum Gasteiger partial charge on any atom is 0.262 e. The van der Waals surface area contributed by atoms with E-state index in [4.69, 9.17) is 10.5 Å². The lowest BCUT2D eigenvalue weighted by Crippen LogP contribution is -2.40. The van der Waals surface area contributed by atoms with E-state index in [9.17, 15) is 19.2 Å². The first-order valence-corrected chi connectivity index (χ1v) is 8.36. The van der Waals surface area contributed by atoms with Crippen LogP contribution in [0.5, 0.6) is 0 Å². The molecule has 3 N–H and O–H groups in total. The third-order valence-corrected chi connectivity index (χ3v) is 4.60. The second-order valence-corrected chi connectivity index (χ2v) is 6.23. The second kappa shape index (κ2) is 6.36. The summed E-state index contributed by atoms with van der Waals surface area (Å²) in [6.07, 6.45) is 0. The normalized spacial score (nSPS) is 16.2. The molecular weight excluding hydrogens is 352 g/mol. The SMILES string of the molecule is Nc1c2c(cc(=O)n1-c1cccc(C(=O)N3CCOCC3)c1)C(=O)NC2=O. The van der Waals surface area contributed by atoms with Gasteiger partial charge in [0, 0.05) is 24.7 Å². The predicted octanol–water partition coefficient (Wildman–Crippen LogP) is -0.224. The third kappa shape index (κ3) is 2.77. The zero-order valence-electron chi connectivity index (χ0n) is 14.2. The Bertz CT molecular complexity index is 1040. The Labute approximate surface area is 153 Å². The van der Waals surface area contributed by atoms with E-state index < -0.39 is 17.4 Å². The molecule has 3 amide bonds. The summed E-state index contributed by atoms with van der Waals surface area (Å²) < 4.78 is 6.37. The van der Waals surface area contributed by atoms with Crippen LogP contribution in [0.2, 0.25) is 0 Å². The van der Waals surface area contributed by atoms with Crippen molar-refractivity contribution in [3.05, 3.63) is 57.4 Å². The van der Waals surface area contributed by atoms with E-state index in [-0.39, 0.29) is 22.9 Å². The molecule has 3 heterocycles. The number of nitrogens with one attached hydrogen (secondary N) is 1. The average Bonchev–Trinajstić information content (AvgIpc) is 2.95. The van der Waals surface area contributed by atoms with Crippen molar-refractivity contribution in [3.8, 4) is 5.69 Å². The maximum absolute atomic E-state index is 12.7. The number of hydrogen-bond donors (Lipinski definition) is 2. The molecule has 27 heavy (non-hydrogen) atoms. The summed E-state index contributed by atoms with van der Waals surface area (Å²) in [6, 6.07) is 7.49. The number of anilines is 1. The molecule has 1 aromatic heterocycles. The second-order valence-electron chi connectivity index (χ2n) is 6.23. The number of fused-ring (bicyclic) bond motifs is 1. The van der Waals surface area contributed by atoms with Crippen LogP contribution in [-0.2, 0) is 4.74 Å². The van der Waals surface area contributed by atoms with Gasteiger partial charge < -0.3 is 15.4 Å². The Morgan fingerprint density at radius 1 is 1.07 bits per heavy atom. The van der Waals surface area contributed by atoms with Crippen LogP contribution in [0.4, 0.5) is 5.82 Å². The first-order chi connectivity index (χ1) is 13.0. The predicted molar refractivity (Wildman–Crippen MR) is 95.0 cm³/mol. The van der Waals surface area contributed by atoms with Crippen molar-refractivity contribution in [2.75, 3.05) is 32.0 Å². The molecule has 1 aromatic carbocycles. The minimum Gasteiger partial charge on any atom is -0.384 e. The van der Waals surface area contributed by atoms with Crippen LogP contribution in [-0.4, -0.2) is 53.5 Å². The van der Waals surface area contributed by atoms with Gasteiger partial charge in [-0.1, -0.05) is 6.07 Å². The molecule has 2 aliphatic rings. The lowest BCUT2D eigenvalue weighted by molar-refractivity contribution is 0.0303. The minimum atomic E-state index is -0.651. The fourth-order valence-corrected chi connectivity index (χ4v) is 3.27. The van der Waals surface area contributed by atoms with Crippen molar-refractivity contribution in [1.82, 2.24) is 14.8 Å². The van der Waals surface area contributed by atoms with Gasteiger partial charge in [-0.15, -0.1) is 0 Å². The van der Waals surface area contributed by atoms with E-state index in [2.05, 4.69) is 5.32 Å². The van der Waals surface area contributed by atoms with Crippen molar-refractivity contribution < 1.29 is 19.1 Å². The zero-order valence-corrected chi connectivity index (χ0v) is 14.2. The highest BCUT2D eigenvalue weighted by Crippen LogP contribution is 2.23. The standard InChI is InChI=1S/C18H16N4O5/c19-15-14-12(16(24)20-17(14)25)9-13(23)22(15)11-3-1-2-10(8-11)18(26)21-4-6-27-7-5-21/h1-3,8-9H,4-7,19H2,(H,20,24,25). The summed E-state index contributed by atoms with van der Waals surface area (Å²) in [5.41, 5.74) is 6.11. The number of nitrogens with two attached hydrogens (primary N) is 1. The van der Waals surface area contributed by atoms with Crippen LogP contribution in [0.1, 0.15) is 31.1 Å². The molecule has 0 spiro atoms. The number of hydrogen-bond acceptors (Lipinski definition) is 6. The highest BCUT2D eigenvalue weighted by Gasteiger charge is 2.32. The van der Waals surface area contributed by atoms with Crippen LogP contribution < -0.4 is 16.6 Å². The number of morpholine rings is 1. The number of nitrogen functional groups attached to an aromatic ring is 1. The highest BCUT2D eigenvalue weighted by atomic mass is 16.5. The Morgan fingerprint density at radius 2 is 1.81 bits per heavy atom. The lowest BCUT2D eigenvalue weighted by Gasteiger charge is -2.27. The van der Waals surface area contributed by atoms with Gasteiger partial charge in [-0.3, -0.25) is 29.1 Å². The van der Waals surface area contributed by atoms with E-state index in [1.165, 1.54) is 6.07 Å². The van der Waals surface area contributed by atoms with Crippen molar-refractivity contribution >= 4 is 23.5 Å². The molecule has 0 bridgehead atoms. The topological polar surface area (TPSA) is 124 Å². The molecule has 138 valence electrons. The molecule has 2 aromatic rings. The van der Waals surface area contributed by atoms with Gasteiger partial charge in [0.2, 0.25) is 0 Å². The Kier molecular flexibility index (Phi) is 4.00. The molecule has 2 aliphatic heterocycles. The van der Waals surface area contributed by atoms with E-state index >= 15 is 0 Å². The third-order valence-electron chi connectivity index (χ3n) is 4.60. The molecular formula is C18H16N4O5. The number of benzene rings is 1. The van der Waals surface area contributed by atoms with Crippen LogP contribution in [0.15, 0.2) is 35.1 Å². The van der Waals surface area contributed by atoms with Gasteiger partial charge in [0.25, 0.3) is 23.3 Å². The van der Waals surface area contributed by atoms with Gasteiger partial charge in [-0.05, 0) is 18.2 Å². The zero-order chi connectivity index (χ0) is 19.1. The molecule has 9 nitrogen and oxygen atoms in total. The maximum atomic E-state index is 12.7. The van der Waals surface area contributed by atoms with Crippen molar-refractivity contribution in [3.63, 3.8) is 0 Å². The Balaban J connectivity index is 1.78. The van der Waals surface area contributed by atoms with E-state index in [1.807, 2.05) is 0 Å². The van der Waals surface area contributed by atoms with Crippen molar-refractivity contribution in [1.29, 1.82) is 0 Å². The van der Waals surface area contributed by atoms with Crippen molar-refractivity contribution in [2.24, 2.45) is 0 Å². The summed E-state index contributed by atoms with van der Waals surface area (Å²) >= 11 is 0. The smallest absolute Gasteiger partial charge is 0.262 e. The highest BCUT2D eigenvalue weighted by molar-refractivity contribution is 6.23. The van der Waals surface area contributed by atoms with Crippen LogP contribution in [0.25, 0.3) is 5.69 Å². The number of rotatable bonds is 2. The number of aromatic nitrogens is 1. The molecule has 0 saturated carbocycles. The lowest BCUT2D eigenvalue weighted by atomic mass is 10.1. The minimum absolute atomic E-state index is 0.0375. The number of ether oxygens (including phenoxy) is 1. The fraction of sp³-hybridized carbons (Fsp3) is 0.222. The number of pyridine rings is 1. The summed E-state index contributed by atoms with van der Waals surface area (Å²) in [7, 11) is 0. The molecule has 0 radical (unpaired) electrons. The monoisotopic (exact) mass is 368 g/mol. The quantitative estimate of drug-likeness (QED) is 0.706. The van der Waals surface area contributed by atoms with Crippen LogP contribution in [0, 0.1) is 0 Å². The van der Waals surface area contributed by atoms with Gasteiger partial charge in [-0.2, -0.15) is 0 Å². The number of amides is 3. The largest absolute Gasteiger partial charge is 0.384 e. The molecule has 1 fully saturated rings. The van der Waals surface area contributed by atoms with E-state index in [1.54, 1.807) is 23.1 Å². The summed E-state index contributed by atoms with van der Waals surface area (Å²) in [5.74, 6) is -1.62. The first-order valence-electron chi connectivity index (χ1n) is 8.36. The Morgan fingerprint density at radius 3 is 2.56 bits per heavy atom. The van der Waals surface area contributed by atoms with Crippen LogP contribution in [0.3, 0.4) is 0 Å². The summed E-state index contributed by atoms with van der Waals surface area (Å²) in [5, 5.41) is 2.12. The van der Waals surface area contributed by atoms with Gasteiger partial charge in [0.1, 0.15) is 5.82 Å². The Hall–Kier alpha value is -3.46. The first kappa shape index (κ1) is 17.0. The van der Waals surface area contributed by atoms with Gasteiger partial charge in [0.05, 0.1) is 30.0 Å². The molecule has 0 unspecified atom stereocenters. The number of carbonyl (C=O) groups is 3. The molecule has 4 rings (SSSR count). The molecule has 1 saturated heterocycles. The fourth-order valence-electron chi connectivity index (χ4n) is 3.27. The average molecular weight is 368 g/mol. The summed E-state index contributed by atoms with van der Waals surface area (Å²) in [6.45, 7) is 1.94. The molecule has 0 aliphatic carbocycles. The van der Waals surface area contributed by atoms with Gasteiger partial charge in [0.15, 0.2) is 0 Å². The van der Waals surface area contributed by atoms with Crippen LogP contribution >= 0.6 is 0 Å². The molecule has 9 heteroatoms. The van der Waals surface area contributed by atoms with Gasteiger partial charge in [-0.25, -0.2) is 0 Å². The molecule has 0 atom stereocenters. The number of imide groups is 1. The van der Waals surface area contributed by atoms with Crippen molar-refractivity contribution in [2.45, 2.75) is 0 Å². The van der Waals surface area contributed by atoms with E-state index in [0.29, 0.717) is 37.6 Å².